The van der Waals surface area contributed by atoms with Gasteiger partial charge < -0.3 is 5.73 Å². The molecule has 0 fully saturated rings. The average Bonchev–Trinajstić information content (AvgIpc) is 2.44. The Morgan fingerprint density at radius 1 is 1.05 bits per heavy atom. The molecule has 0 amide bonds. The fourth-order valence-electron chi connectivity index (χ4n) is 2.12. The van der Waals surface area contributed by atoms with Gasteiger partial charge in [-0.2, -0.15) is 0 Å². The highest BCUT2D eigenvalue weighted by molar-refractivity contribution is 6.30. The molecule has 0 aliphatic rings. The zero-order valence-electron chi connectivity index (χ0n) is 11.4. The lowest BCUT2D eigenvalue weighted by Gasteiger charge is -2.18. The lowest BCUT2D eigenvalue weighted by molar-refractivity contribution is 0.313. The van der Waals surface area contributed by atoms with Crippen LogP contribution in [0.2, 0.25) is 5.02 Å². The van der Waals surface area contributed by atoms with Gasteiger partial charge in [-0.1, -0.05) is 35.9 Å². The molecule has 0 unspecified atom stereocenters. The fourth-order valence-corrected chi connectivity index (χ4v) is 2.25. The molecule has 0 saturated heterocycles. The summed E-state index contributed by atoms with van der Waals surface area (Å²) in [6.07, 6.45) is 0. The molecule has 2 N–H and O–H groups in total. The zero-order valence-corrected chi connectivity index (χ0v) is 12.2. The van der Waals surface area contributed by atoms with Gasteiger partial charge in [0, 0.05) is 30.2 Å². The molecule has 0 atom stereocenters. The summed E-state index contributed by atoms with van der Waals surface area (Å²) in [6.45, 7) is 1.71. The van der Waals surface area contributed by atoms with Crippen LogP contribution in [0, 0.1) is 5.82 Å². The molecule has 0 heterocycles. The molecule has 106 valence electrons. The summed E-state index contributed by atoms with van der Waals surface area (Å²) in [4.78, 5) is 2.06. The van der Waals surface area contributed by atoms with Gasteiger partial charge in [-0.25, -0.2) is 4.39 Å². The quantitative estimate of drug-likeness (QED) is 0.913. The predicted octanol–water partition coefficient (Wildman–Crippen LogP) is 3.57. The van der Waals surface area contributed by atoms with Crippen molar-refractivity contribution >= 4 is 11.6 Å². The van der Waals surface area contributed by atoms with Crippen molar-refractivity contribution in [2.75, 3.05) is 7.05 Å². The van der Waals surface area contributed by atoms with Crippen molar-refractivity contribution in [2.24, 2.45) is 5.73 Å². The van der Waals surface area contributed by atoms with Gasteiger partial charge in [-0.15, -0.1) is 0 Å². The third-order valence-corrected chi connectivity index (χ3v) is 3.40. The van der Waals surface area contributed by atoms with E-state index in [0.29, 0.717) is 18.7 Å². The topological polar surface area (TPSA) is 29.3 Å². The normalized spacial score (nSPS) is 11.1. The Balaban J connectivity index is 2.04. The van der Waals surface area contributed by atoms with E-state index in [1.807, 2.05) is 37.4 Å². The van der Waals surface area contributed by atoms with Crippen molar-refractivity contribution in [2.45, 2.75) is 19.6 Å². The lowest BCUT2D eigenvalue weighted by Crippen LogP contribution is -2.18. The second kappa shape index (κ2) is 6.84. The Morgan fingerprint density at radius 3 is 2.35 bits per heavy atom. The molecule has 20 heavy (non-hydrogen) atoms. The summed E-state index contributed by atoms with van der Waals surface area (Å²) in [6, 6.07) is 12.7. The Kier molecular flexibility index (Phi) is 5.12. The van der Waals surface area contributed by atoms with Gasteiger partial charge in [0.1, 0.15) is 5.82 Å². The van der Waals surface area contributed by atoms with Gasteiger partial charge in [0.25, 0.3) is 0 Å². The van der Waals surface area contributed by atoms with Crippen molar-refractivity contribution in [3.63, 3.8) is 0 Å². The van der Waals surface area contributed by atoms with E-state index in [1.54, 1.807) is 6.07 Å². The first kappa shape index (κ1) is 15.0. The van der Waals surface area contributed by atoms with E-state index in [1.165, 1.54) is 6.07 Å². The first-order chi connectivity index (χ1) is 9.58. The highest BCUT2D eigenvalue weighted by Gasteiger charge is 2.07. The Bertz CT molecular complexity index is 569. The molecule has 0 bridgehead atoms. The van der Waals surface area contributed by atoms with Crippen molar-refractivity contribution < 1.29 is 4.39 Å². The summed E-state index contributed by atoms with van der Waals surface area (Å²) in [7, 11) is 1.96. The summed E-state index contributed by atoms with van der Waals surface area (Å²) >= 11 is 5.86. The van der Waals surface area contributed by atoms with Crippen LogP contribution in [0.25, 0.3) is 0 Å². The fraction of sp³-hybridized carbons (Fsp3) is 0.250. The number of rotatable bonds is 5. The molecule has 0 aliphatic carbocycles. The lowest BCUT2D eigenvalue weighted by atomic mass is 10.1. The van der Waals surface area contributed by atoms with Gasteiger partial charge in [0.15, 0.2) is 0 Å². The third-order valence-electron chi connectivity index (χ3n) is 3.15. The molecule has 0 aliphatic heterocycles. The van der Waals surface area contributed by atoms with Crippen LogP contribution in [0.5, 0.6) is 0 Å². The average molecular weight is 293 g/mol. The highest BCUT2D eigenvalue weighted by atomic mass is 35.5. The molecule has 0 spiro atoms. The first-order valence-electron chi connectivity index (χ1n) is 6.49. The minimum absolute atomic E-state index is 0.190. The maximum Gasteiger partial charge on any atom is 0.127 e. The Labute approximate surface area is 124 Å². The van der Waals surface area contributed by atoms with Crippen molar-refractivity contribution in [3.05, 3.63) is 70.0 Å². The van der Waals surface area contributed by atoms with E-state index in [4.69, 9.17) is 17.3 Å². The van der Waals surface area contributed by atoms with E-state index in [9.17, 15) is 4.39 Å². The van der Waals surface area contributed by atoms with E-state index < -0.39 is 0 Å². The summed E-state index contributed by atoms with van der Waals surface area (Å²) < 4.78 is 13.8. The predicted molar refractivity (Wildman–Crippen MR) is 80.9 cm³/mol. The standard InChI is InChI=1S/C16H18ClFN2/c1-20(10-12-2-5-15(17)6-3-12)11-14-8-13(9-19)4-7-16(14)18/h2-8H,9-11,19H2,1H3. The van der Waals surface area contributed by atoms with Crippen LogP contribution in [0.1, 0.15) is 16.7 Å². The molecular weight excluding hydrogens is 275 g/mol. The van der Waals surface area contributed by atoms with E-state index in [-0.39, 0.29) is 5.82 Å². The number of halogens is 2. The number of hydrogen-bond acceptors (Lipinski definition) is 2. The van der Waals surface area contributed by atoms with Crippen LogP contribution in [0.4, 0.5) is 4.39 Å². The molecule has 0 saturated carbocycles. The van der Waals surface area contributed by atoms with Gasteiger partial charge in [0.2, 0.25) is 0 Å². The van der Waals surface area contributed by atoms with Gasteiger partial charge in [-0.3, -0.25) is 4.90 Å². The maximum absolute atomic E-state index is 13.8. The largest absolute Gasteiger partial charge is 0.326 e. The maximum atomic E-state index is 13.8. The molecule has 2 nitrogen and oxygen atoms in total. The van der Waals surface area contributed by atoms with Crippen molar-refractivity contribution in [1.82, 2.24) is 4.90 Å². The minimum Gasteiger partial charge on any atom is -0.326 e. The van der Waals surface area contributed by atoms with Crippen molar-refractivity contribution in [1.29, 1.82) is 0 Å². The second-order valence-electron chi connectivity index (χ2n) is 4.93. The molecule has 0 radical (unpaired) electrons. The monoisotopic (exact) mass is 292 g/mol. The number of nitrogens with two attached hydrogens (primary N) is 1. The smallest absolute Gasteiger partial charge is 0.127 e. The van der Waals surface area contributed by atoms with Crippen LogP contribution in [-0.2, 0) is 19.6 Å². The number of nitrogens with zero attached hydrogens (tertiary/aromatic N) is 1. The van der Waals surface area contributed by atoms with Crippen LogP contribution in [-0.4, -0.2) is 11.9 Å². The summed E-state index contributed by atoms with van der Waals surface area (Å²) in [5.41, 5.74) is 8.35. The number of benzene rings is 2. The molecular formula is C16H18ClFN2. The minimum atomic E-state index is -0.190. The van der Waals surface area contributed by atoms with Crippen molar-refractivity contribution in [3.8, 4) is 0 Å². The molecule has 2 rings (SSSR count). The third kappa shape index (κ3) is 4.04. The summed E-state index contributed by atoms with van der Waals surface area (Å²) in [5.74, 6) is -0.190. The molecule has 0 aromatic heterocycles. The van der Waals surface area contributed by atoms with Crippen LogP contribution in [0.15, 0.2) is 42.5 Å². The summed E-state index contributed by atoms with van der Waals surface area (Å²) in [5, 5.41) is 0.720. The van der Waals surface area contributed by atoms with Crippen LogP contribution in [0.3, 0.4) is 0 Å². The van der Waals surface area contributed by atoms with Gasteiger partial charge >= 0.3 is 0 Å². The molecule has 4 heteroatoms. The second-order valence-corrected chi connectivity index (χ2v) is 5.37. The van der Waals surface area contributed by atoms with E-state index in [2.05, 4.69) is 4.90 Å². The molecule has 2 aromatic rings. The highest BCUT2D eigenvalue weighted by Crippen LogP contribution is 2.15. The van der Waals surface area contributed by atoms with Gasteiger partial charge in [-0.05, 0) is 36.4 Å². The van der Waals surface area contributed by atoms with Crippen LogP contribution >= 0.6 is 11.6 Å². The van der Waals surface area contributed by atoms with Crippen LogP contribution < -0.4 is 5.73 Å². The Hall–Kier alpha value is -1.42. The first-order valence-corrected chi connectivity index (χ1v) is 6.86. The van der Waals surface area contributed by atoms with E-state index >= 15 is 0 Å². The van der Waals surface area contributed by atoms with Gasteiger partial charge in [0.05, 0.1) is 0 Å². The zero-order chi connectivity index (χ0) is 14.5. The Morgan fingerprint density at radius 2 is 1.70 bits per heavy atom. The molecule has 2 aromatic carbocycles. The number of hydrogen-bond donors (Lipinski definition) is 1. The SMILES string of the molecule is CN(Cc1ccc(Cl)cc1)Cc1cc(CN)ccc1F. The van der Waals surface area contributed by atoms with E-state index in [0.717, 1.165) is 22.7 Å².